The van der Waals surface area contributed by atoms with E-state index in [1.807, 2.05) is 7.11 Å². The molecule has 0 bridgehead atoms. The summed E-state index contributed by atoms with van der Waals surface area (Å²) in [4.78, 5) is 2.72. The van der Waals surface area contributed by atoms with Crippen LogP contribution in [0, 0.1) is 11.3 Å². The molecule has 2 aliphatic rings. The lowest BCUT2D eigenvalue weighted by Gasteiger charge is -2.42. The van der Waals surface area contributed by atoms with Crippen LogP contribution in [0.25, 0.3) is 0 Å². The van der Waals surface area contributed by atoms with E-state index < -0.39 is 0 Å². The van der Waals surface area contributed by atoms with Crippen molar-refractivity contribution >= 4 is 15.9 Å². The molecule has 0 N–H and O–H groups in total. The van der Waals surface area contributed by atoms with E-state index in [2.05, 4.69) is 27.8 Å². The summed E-state index contributed by atoms with van der Waals surface area (Å²) in [5, 5.41) is 1.17. The zero-order chi connectivity index (χ0) is 13.7. The molecule has 0 amide bonds. The van der Waals surface area contributed by atoms with Gasteiger partial charge in [-0.3, -0.25) is 4.90 Å². The van der Waals surface area contributed by atoms with Gasteiger partial charge in [-0.25, -0.2) is 0 Å². The second-order valence-corrected chi connectivity index (χ2v) is 7.30. The molecule has 0 saturated heterocycles. The molecule has 1 unspecified atom stereocenters. The zero-order valence-electron chi connectivity index (χ0n) is 12.7. The van der Waals surface area contributed by atoms with Gasteiger partial charge in [0.2, 0.25) is 0 Å². The molecule has 0 aromatic heterocycles. The van der Waals surface area contributed by atoms with Crippen LogP contribution in [0.4, 0.5) is 0 Å². The molecule has 2 rings (SSSR count). The topological polar surface area (TPSA) is 12.5 Å². The minimum absolute atomic E-state index is 0.523. The Morgan fingerprint density at radius 1 is 1.26 bits per heavy atom. The normalized spacial score (nSPS) is 24.6. The molecule has 2 saturated carbocycles. The molecule has 1 atom stereocenters. The third kappa shape index (κ3) is 4.44. The number of hydrogen-bond acceptors (Lipinski definition) is 2. The Kier molecular flexibility index (Phi) is 6.16. The first-order valence-corrected chi connectivity index (χ1v) is 9.12. The van der Waals surface area contributed by atoms with Gasteiger partial charge in [0.05, 0.1) is 6.61 Å². The van der Waals surface area contributed by atoms with E-state index in [1.165, 1.54) is 56.8 Å². The molecule has 0 spiro atoms. The van der Waals surface area contributed by atoms with Crippen LogP contribution >= 0.6 is 15.9 Å². The number of hydrogen-bond donors (Lipinski definition) is 0. The van der Waals surface area contributed by atoms with Crippen LogP contribution < -0.4 is 0 Å². The average molecular weight is 332 g/mol. The first-order chi connectivity index (χ1) is 9.21. The van der Waals surface area contributed by atoms with E-state index in [9.17, 15) is 0 Å². The zero-order valence-corrected chi connectivity index (χ0v) is 14.3. The maximum absolute atomic E-state index is 5.32. The summed E-state index contributed by atoms with van der Waals surface area (Å²) in [6.07, 6.45) is 9.95. The summed E-state index contributed by atoms with van der Waals surface area (Å²) in [5.74, 6) is 0.952. The highest BCUT2D eigenvalue weighted by atomic mass is 79.9. The third-order valence-electron chi connectivity index (χ3n) is 5.20. The van der Waals surface area contributed by atoms with E-state index in [0.29, 0.717) is 5.41 Å². The van der Waals surface area contributed by atoms with Crippen molar-refractivity contribution in [3.8, 4) is 0 Å². The van der Waals surface area contributed by atoms with Gasteiger partial charge >= 0.3 is 0 Å². The number of halogens is 1. The fourth-order valence-electron chi connectivity index (χ4n) is 3.58. The third-order valence-corrected chi connectivity index (χ3v) is 6.39. The van der Waals surface area contributed by atoms with E-state index in [-0.39, 0.29) is 0 Å². The molecule has 19 heavy (non-hydrogen) atoms. The van der Waals surface area contributed by atoms with Crippen LogP contribution in [0.1, 0.15) is 51.9 Å². The lowest BCUT2D eigenvalue weighted by atomic mass is 9.75. The Morgan fingerprint density at radius 3 is 2.47 bits per heavy atom. The number of rotatable bonds is 8. The van der Waals surface area contributed by atoms with Crippen molar-refractivity contribution < 1.29 is 4.74 Å². The van der Waals surface area contributed by atoms with Gasteiger partial charge < -0.3 is 4.74 Å². The van der Waals surface area contributed by atoms with Gasteiger partial charge in [-0.1, -0.05) is 35.2 Å². The van der Waals surface area contributed by atoms with Crippen LogP contribution in [0.5, 0.6) is 0 Å². The van der Waals surface area contributed by atoms with E-state index in [0.717, 1.165) is 25.1 Å². The van der Waals surface area contributed by atoms with Gasteiger partial charge in [-0.05, 0) is 43.9 Å². The number of methoxy groups -OCH3 is 1. The maximum atomic E-state index is 5.32. The second-order valence-electron chi connectivity index (χ2n) is 6.74. The van der Waals surface area contributed by atoms with Crippen LogP contribution in [-0.2, 0) is 4.74 Å². The molecule has 112 valence electrons. The minimum Gasteiger partial charge on any atom is -0.383 e. The van der Waals surface area contributed by atoms with Crippen LogP contribution in [0.15, 0.2) is 0 Å². The van der Waals surface area contributed by atoms with Gasteiger partial charge in [0, 0.05) is 31.6 Å². The fraction of sp³-hybridized carbons (Fsp3) is 1.00. The van der Waals surface area contributed by atoms with Crippen molar-refractivity contribution in [2.75, 3.05) is 32.1 Å². The summed E-state index contributed by atoms with van der Waals surface area (Å²) >= 11 is 3.81. The Bertz CT molecular complexity index is 261. The Labute approximate surface area is 127 Å². The Hall–Kier alpha value is 0.400. The Balaban J connectivity index is 1.95. The number of nitrogens with zero attached hydrogens (tertiary/aromatic N) is 1. The number of ether oxygens (including phenoxy) is 1. The SMILES string of the molecule is COCCN(CC1(CBr)CCCCC1)C(C)C1CC1. The van der Waals surface area contributed by atoms with Gasteiger partial charge in [0.25, 0.3) is 0 Å². The molecule has 2 aliphatic carbocycles. The smallest absolute Gasteiger partial charge is 0.0589 e. The lowest BCUT2D eigenvalue weighted by molar-refractivity contribution is 0.0636. The van der Waals surface area contributed by atoms with Gasteiger partial charge in [0.1, 0.15) is 0 Å². The van der Waals surface area contributed by atoms with Gasteiger partial charge in [0.15, 0.2) is 0 Å². The molecule has 0 aromatic rings. The van der Waals surface area contributed by atoms with Crippen molar-refractivity contribution in [1.82, 2.24) is 4.90 Å². The predicted octanol–water partition coefficient (Wildman–Crippen LogP) is 4.08. The summed E-state index contributed by atoms with van der Waals surface area (Å²) in [6.45, 7) is 5.66. The monoisotopic (exact) mass is 331 g/mol. The fourth-order valence-corrected chi connectivity index (χ4v) is 4.32. The molecule has 0 heterocycles. The van der Waals surface area contributed by atoms with Crippen LogP contribution in [-0.4, -0.2) is 43.1 Å². The molecule has 0 aromatic carbocycles. The van der Waals surface area contributed by atoms with Crippen molar-refractivity contribution in [2.24, 2.45) is 11.3 Å². The summed E-state index contributed by atoms with van der Waals surface area (Å²) < 4.78 is 5.32. The highest BCUT2D eigenvalue weighted by Gasteiger charge is 2.37. The Morgan fingerprint density at radius 2 is 1.95 bits per heavy atom. The molecule has 2 nitrogen and oxygen atoms in total. The predicted molar refractivity (Wildman–Crippen MR) is 84.9 cm³/mol. The quantitative estimate of drug-likeness (QED) is 0.621. The highest BCUT2D eigenvalue weighted by Crippen LogP contribution is 2.41. The van der Waals surface area contributed by atoms with Gasteiger partial charge in [-0.15, -0.1) is 0 Å². The second kappa shape index (κ2) is 7.42. The molecule has 3 heteroatoms. The number of alkyl halides is 1. The van der Waals surface area contributed by atoms with Crippen LogP contribution in [0.2, 0.25) is 0 Å². The molecule has 0 aliphatic heterocycles. The van der Waals surface area contributed by atoms with Gasteiger partial charge in [-0.2, -0.15) is 0 Å². The first-order valence-electron chi connectivity index (χ1n) is 8.00. The highest BCUT2D eigenvalue weighted by molar-refractivity contribution is 9.09. The first kappa shape index (κ1) is 15.8. The molecular formula is C16H30BrNO. The van der Waals surface area contributed by atoms with E-state index >= 15 is 0 Å². The standard InChI is InChI=1S/C16H30BrNO/c1-14(15-6-7-15)18(10-11-19-2)13-16(12-17)8-4-3-5-9-16/h14-15H,3-13H2,1-2H3. The summed E-state index contributed by atoms with van der Waals surface area (Å²) in [5.41, 5.74) is 0.523. The molecule has 2 fully saturated rings. The van der Waals surface area contributed by atoms with Crippen molar-refractivity contribution in [1.29, 1.82) is 0 Å². The summed E-state index contributed by atoms with van der Waals surface area (Å²) in [7, 11) is 1.82. The summed E-state index contributed by atoms with van der Waals surface area (Å²) in [6, 6.07) is 0.744. The van der Waals surface area contributed by atoms with E-state index in [4.69, 9.17) is 4.74 Å². The average Bonchev–Trinajstić information content (AvgIpc) is 3.28. The maximum Gasteiger partial charge on any atom is 0.0589 e. The molecular weight excluding hydrogens is 302 g/mol. The minimum atomic E-state index is 0.523. The van der Waals surface area contributed by atoms with Crippen molar-refractivity contribution in [3.05, 3.63) is 0 Å². The molecule has 0 radical (unpaired) electrons. The van der Waals surface area contributed by atoms with E-state index in [1.54, 1.807) is 0 Å². The van der Waals surface area contributed by atoms with Crippen molar-refractivity contribution in [3.63, 3.8) is 0 Å². The van der Waals surface area contributed by atoms with Crippen LogP contribution in [0.3, 0.4) is 0 Å². The largest absolute Gasteiger partial charge is 0.383 e. The van der Waals surface area contributed by atoms with Crippen molar-refractivity contribution in [2.45, 2.75) is 57.9 Å². The lowest BCUT2D eigenvalue weighted by Crippen LogP contribution is -2.46.